The van der Waals surface area contributed by atoms with Crippen molar-refractivity contribution < 1.29 is 4.74 Å². The van der Waals surface area contributed by atoms with E-state index in [1.165, 1.54) is 4.70 Å². The summed E-state index contributed by atoms with van der Waals surface area (Å²) in [6, 6.07) is 4.06. The summed E-state index contributed by atoms with van der Waals surface area (Å²) < 4.78 is 7.81. The molecule has 2 rings (SSSR count). The second-order valence-electron chi connectivity index (χ2n) is 2.80. The summed E-state index contributed by atoms with van der Waals surface area (Å²) in [6.45, 7) is 2.67. The Morgan fingerprint density at radius 3 is 3.00 bits per heavy atom. The van der Waals surface area contributed by atoms with Gasteiger partial charge in [0, 0.05) is 19.0 Å². The van der Waals surface area contributed by atoms with Gasteiger partial charge in [-0.2, -0.15) is 0 Å². The summed E-state index contributed by atoms with van der Waals surface area (Å²) in [5.41, 5.74) is 0. The molecule has 0 saturated heterocycles. The maximum atomic E-state index is 6.06. The predicted molar refractivity (Wildman–Crippen MR) is 70.7 cm³/mol. The maximum Gasteiger partial charge on any atom is 0.137 e. The van der Waals surface area contributed by atoms with Crippen molar-refractivity contribution in [1.29, 1.82) is 0 Å². The lowest BCUT2D eigenvalue weighted by Crippen LogP contribution is -1.89. The van der Waals surface area contributed by atoms with Gasteiger partial charge in [0.15, 0.2) is 0 Å². The Hall–Kier alpha value is -0.0000000000000000555. The Morgan fingerprint density at radius 1 is 1.50 bits per heavy atom. The molecule has 0 amide bonds. The standard InChI is InChI=1S/C10H8ClIOS/c1-2-13-9-5-14-10-4-8(12)7(11)3-6(9)10/h3-5H,2H2,1H3. The van der Waals surface area contributed by atoms with E-state index in [-0.39, 0.29) is 0 Å². The normalized spacial score (nSPS) is 10.8. The van der Waals surface area contributed by atoms with E-state index in [2.05, 4.69) is 28.7 Å². The molecule has 4 heteroatoms. The Bertz CT molecular complexity index is 466. The summed E-state index contributed by atoms with van der Waals surface area (Å²) in [5.74, 6) is 0.936. The highest BCUT2D eigenvalue weighted by Crippen LogP contribution is 2.36. The van der Waals surface area contributed by atoms with Gasteiger partial charge in [0.1, 0.15) is 5.75 Å². The van der Waals surface area contributed by atoms with Crippen LogP contribution < -0.4 is 4.74 Å². The fourth-order valence-corrected chi connectivity index (χ4v) is 3.01. The quantitative estimate of drug-likeness (QED) is 0.730. The minimum atomic E-state index is 0.690. The monoisotopic (exact) mass is 338 g/mol. The van der Waals surface area contributed by atoms with Gasteiger partial charge in [0.25, 0.3) is 0 Å². The van der Waals surface area contributed by atoms with Gasteiger partial charge >= 0.3 is 0 Å². The van der Waals surface area contributed by atoms with Crippen LogP contribution >= 0.6 is 45.5 Å². The van der Waals surface area contributed by atoms with Gasteiger partial charge in [0.2, 0.25) is 0 Å². The number of fused-ring (bicyclic) bond motifs is 1. The Labute approximate surface area is 105 Å². The summed E-state index contributed by atoms with van der Waals surface area (Å²) >= 11 is 9.98. The van der Waals surface area contributed by atoms with Gasteiger partial charge in [-0.15, -0.1) is 11.3 Å². The first-order valence-electron chi connectivity index (χ1n) is 4.21. The van der Waals surface area contributed by atoms with Gasteiger partial charge in [-0.1, -0.05) is 11.6 Å². The molecule has 0 N–H and O–H groups in total. The predicted octanol–water partition coefficient (Wildman–Crippen LogP) is 4.56. The van der Waals surface area contributed by atoms with Crippen LogP contribution in [0.3, 0.4) is 0 Å². The second kappa shape index (κ2) is 4.24. The van der Waals surface area contributed by atoms with E-state index in [4.69, 9.17) is 16.3 Å². The molecule has 1 nitrogen and oxygen atoms in total. The lowest BCUT2D eigenvalue weighted by Gasteiger charge is -2.01. The molecule has 74 valence electrons. The summed E-state index contributed by atoms with van der Waals surface area (Å²) in [4.78, 5) is 0. The van der Waals surface area contributed by atoms with Gasteiger partial charge in [-0.05, 0) is 41.6 Å². The number of hydrogen-bond acceptors (Lipinski definition) is 2. The highest BCUT2D eigenvalue weighted by atomic mass is 127. The molecule has 0 fully saturated rings. The average Bonchev–Trinajstić information content (AvgIpc) is 2.51. The SMILES string of the molecule is CCOc1csc2cc(I)c(Cl)cc12. The molecule has 14 heavy (non-hydrogen) atoms. The zero-order chi connectivity index (χ0) is 10.1. The van der Waals surface area contributed by atoms with Crippen LogP contribution in [0, 0.1) is 3.57 Å². The van der Waals surface area contributed by atoms with E-state index < -0.39 is 0 Å². The fourth-order valence-electron chi connectivity index (χ4n) is 1.27. The molecule has 1 heterocycles. The Kier molecular flexibility index (Phi) is 3.19. The summed E-state index contributed by atoms with van der Waals surface area (Å²) in [6.07, 6.45) is 0. The first-order valence-corrected chi connectivity index (χ1v) is 6.55. The number of thiophene rings is 1. The van der Waals surface area contributed by atoms with E-state index in [1.807, 2.05) is 18.4 Å². The number of rotatable bonds is 2. The van der Waals surface area contributed by atoms with Gasteiger partial charge in [0.05, 0.1) is 11.6 Å². The van der Waals surface area contributed by atoms with E-state index in [0.29, 0.717) is 6.61 Å². The number of halogens is 2. The van der Waals surface area contributed by atoms with Crippen molar-refractivity contribution in [2.45, 2.75) is 6.92 Å². The molecule has 0 aliphatic carbocycles. The van der Waals surface area contributed by atoms with E-state index in [1.54, 1.807) is 11.3 Å². The Balaban J connectivity index is 2.61. The lowest BCUT2D eigenvalue weighted by molar-refractivity contribution is 0.345. The molecule has 1 aromatic heterocycles. The van der Waals surface area contributed by atoms with Crippen molar-refractivity contribution in [3.63, 3.8) is 0 Å². The van der Waals surface area contributed by atoms with Crippen molar-refractivity contribution in [2.24, 2.45) is 0 Å². The van der Waals surface area contributed by atoms with Crippen LogP contribution in [0.1, 0.15) is 6.92 Å². The molecule has 0 unspecified atom stereocenters. The molecular formula is C10H8ClIOS. The summed E-state index contributed by atoms with van der Waals surface area (Å²) in [5, 5.41) is 3.93. The Morgan fingerprint density at radius 2 is 2.29 bits per heavy atom. The first kappa shape index (κ1) is 10.5. The van der Waals surface area contributed by atoms with Crippen LogP contribution in [0.15, 0.2) is 17.5 Å². The lowest BCUT2D eigenvalue weighted by atomic mass is 10.2. The molecule has 0 aliphatic rings. The second-order valence-corrected chi connectivity index (χ2v) is 5.28. The molecule has 0 saturated carbocycles. The van der Waals surface area contributed by atoms with Crippen LogP contribution in [0.4, 0.5) is 0 Å². The van der Waals surface area contributed by atoms with Crippen LogP contribution in [-0.2, 0) is 0 Å². The largest absolute Gasteiger partial charge is 0.492 e. The molecule has 2 aromatic rings. The molecule has 0 bridgehead atoms. The third kappa shape index (κ3) is 1.85. The van der Waals surface area contributed by atoms with Crippen LogP contribution in [0.5, 0.6) is 5.75 Å². The van der Waals surface area contributed by atoms with E-state index in [0.717, 1.165) is 19.7 Å². The van der Waals surface area contributed by atoms with E-state index >= 15 is 0 Å². The van der Waals surface area contributed by atoms with Crippen molar-refractivity contribution >= 4 is 55.6 Å². The molecule has 0 aliphatic heterocycles. The minimum absolute atomic E-state index is 0.690. The zero-order valence-corrected chi connectivity index (χ0v) is 11.2. The summed E-state index contributed by atoms with van der Waals surface area (Å²) in [7, 11) is 0. The van der Waals surface area contributed by atoms with Crippen molar-refractivity contribution in [3.8, 4) is 5.75 Å². The van der Waals surface area contributed by atoms with Gasteiger partial charge in [-0.25, -0.2) is 0 Å². The zero-order valence-electron chi connectivity index (χ0n) is 7.51. The van der Waals surface area contributed by atoms with Crippen LogP contribution in [0.25, 0.3) is 10.1 Å². The number of benzene rings is 1. The number of ether oxygens (including phenoxy) is 1. The molecule has 0 atom stereocenters. The van der Waals surface area contributed by atoms with Crippen molar-refractivity contribution in [3.05, 3.63) is 26.1 Å². The van der Waals surface area contributed by atoms with Gasteiger partial charge < -0.3 is 4.74 Å². The maximum absolute atomic E-state index is 6.06. The average molecular weight is 339 g/mol. The third-order valence-electron chi connectivity index (χ3n) is 1.88. The number of hydrogen-bond donors (Lipinski definition) is 0. The van der Waals surface area contributed by atoms with Gasteiger partial charge in [-0.3, -0.25) is 0 Å². The van der Waals surface area contributed by atoms with Crippen LogP contribution in [-0.4, -0.2) is 6.61 Å². The van der Waals surface area contributed by atoms with E-state index in [9.17, 15) is 0 Å². The highest BCUT2D eigenvalue weighted by Gasteiger charge is 2.07. The molecule has 0 spiro atoms. The minimum Gasteiger partial charge on any atom is -0.492 e. The molecular weight excluding hydrogens is 331 g/mol. The van der Waals surface area contributed by atoms with Crippen LogP contribution in [0.2, 0.25) is 5.02 Å². The molecule has 1 aromatic carbocycles. The highest BCUT2D eigenvalue weighted by molar-refractivity contribution is 14.1. The molecule has 0 radical (unpaired) electrons. The van der Waals surface area contributed by atoms with Crippen molar-refractivity contribution in [2.75, 3.05) is 6.61 Å². The van der Waals surface area contributed by atoms with Crippen molar-refractivity contribution in [1.82, 2.24) is 0 Å². The third-order valence-corrected chi connectivity index (χ3v) is 4.33. The fraction of sp³-hybridized carbons (Fsp3) is 0.200. The topological polar surface area (TPSA) is 9.23 Å². The first-order chi connectivity index (χ1) is 6.72. The smallest absolute Gasteiger partial charge is 0.137 e.